The second-order valence-electron chi connectivity index (χ2n) is 8.01. The highest BCUT2D eigenvalue weighted by Gasteiger charge is 2.32. The number of hydrogen-bond acceptors (Lipinski definition) is 4. The van der Waals surface area contributed by atoms with Gasteiger partial charge in [0, 0.05) is 55.4 Å². The van der Waals surface area contributed by atoms with Crippen molar-refractivity contribution in [3.63, 3.8) is 0 Å². The summed E-state index contributed by atoms with van der Waals surface area (Å²) in [5.74, 6) is -1.87. The fourth-order valence-corrected chi connectivity index (χ4v) is 4.36. The molecule has 7 heteroatoms. The number of piperazine rings is 1. The second kappa shape index (κ2) is 9.80. The zero-order valence-electron chi connectivity index (χ0n) is 17.8. The summed E-state index contributed by atoms with van der Waals surface area (Å²) in [5, 5.41) is 20.1. The van der Waals surface area contributed by atoms with E-state index >= 15 is 0 Å². The molecule has 32 heavy (non-hydrogen) atoms. The second-order valence-corrected chi connectivity index (χ2v) is 8.01. The van der Waals surface area contributed by atoms with Crippen LogP contribution in [0.5, 0.6) is 0 Å². The van der Waals surface area contributed by atoms with E-state index in [1.165, 1.54) is 0 Å². The summed E-state index contributed by atoms with van der Waals surface area (Å²) in [7, 11) is 0. The largest absolute Gasteiger partial charge is 0.480 e. The van der Waals surface area contributed by atoms with Crippen LogP contribution in [0.25, 0.3) is 17.0 Å². The van der Waals surface area contributed by atoms with Crippen molar-refractivity contribution in [2.75, 3.05) is 32.7 Å². The van der Waals surface area contributed by atoms with Gasteiger partial charge in [-0.05, 0) is 11.6 Å². The molecule has 0 aliphatic carbocycles. The van der Waals surface area contributed by atoms with E-state index < -0.39 is 18.0 Å². The molecule has 4 rings (SSSR count). The van der Waals surface area contributed by atoms with Crippen molar-refractivity contribution in [2.45, 2.75) is 12.6 Å². The van der Waals surface area contributed by atoms with Crippen molar-refractivity contribution >= 4 is 28.9 Å². The predicted molar refractivity (Wildman–Crippen MR) is 123 cm³/mol. The number of carboxylic acid groups (broad SMARTS) is 2. The monoisotopic (exact) mass is 433 g/mol. The van der Waals surface area contributed by atoms with Gasteiger partial charge in [-0.3, -0.25) is 19.4 Å². The Morgan fingerprint density at radius 2 is 1.62 bits per heavy atom. The van der Waals surface area contributed by atoms with E-state index in [4.69, 9.17) is 0 Å². The Morgan fingerprint density at radius 1 is 0.938 bits per heavy atom. The van der Waals surface area contributed by atoms with Gasteiger partial charge in [0.1, 0.15) is 12.6 Å². The van der Waals surface area contributed by atoms with Crippen LogP contribution in [-0.4, -0.2) is 69.2 Å². The number of nitrogens with zero attached hydrogens (tertiary/aromatic N) is 3. The van der Waals surface area contributed by atoms with Crippen molar-refractivity contribution in [1.82, 2.24) is 14.4 Å². The molecule has 1 fully saturated rings. The van der Waals surface area contributed by atoms with Crippen molar-refractivity contribution in [3.8, 4) is 0 Å². The standard InChI is InChI=1S/C25H27N3O4/c29-23(30)18-28-17-21(20-10-4-5-11-22(20)28)24(25(31)32)27-15-13-26(14-16-27)12-6-9-19-7-2-1-3-8-19/h1-11,17,24H,12-16,18H2,(H,29,30)(H,31,32)/b9-6+/t24-/m1/s1. The van der Waals surface area contributed by atoms with Gasteiger partial charge >= 0.3 is 11.9 Å². The number of para-hydroxylation sites is 1. The lowest BCUT2D eigenvalue weighted by Gasteiger charge is -2.37. The molecule has 2 heterocycles. The minimum Gasteiger partial charge on any atom is -0.480 e. The van der Waals surface area contributed by atoms with Crippen LogP contribution in [0.2, 0.25) is 0 Å². The molecule has 2 N–H and O–H groups in total. The Kier molecular flexibility index (Phi) is 6.68. The summed E-state index contributed by atoms with van der Waals surface area (Å²) >= 11 is 0. The van der Waals surface area contributed by atoms with Gasteiger partial charge < -0.3 is 14.8 Å². The Balaban J connectivity index is 1.47. The summed E-state index contributed by atoms with van der Waals surface area (Å²) in [6.07, 6.45) is 5.93. The molecular formula is C25H27N3O4. The van der Waals surface area contributed by atoms with Crippen LogP contribution in [0.15, 0.2) is 66.9 Å². The van der Waals surface area contributed by atoms with E-state index in [2.05, 4.69) is 29.2 Å². The fraction of sp³-hybridized carbons (Fsp3) is 0.280. The number of carbonyl (C=O) groups is 2. The lowest BCUT2D eigenvalue weighted by molar-refractivity contribution is -0.144. The van der Waals surface area contributed by atoms with Crippen LogP contribution in [0.1, 0.15) is 17.2 Å². The smallest absolute Gasteiger partial charge is 0.325 e. The van der Waals surface area contributed by atoms with Crippen LogP contribution in [0.4, 0.5) is 0 Å². The molecule has 0 radical (unpaired) electrons. The van der Waals surface area contributed by atoms with Crippen molar-refractivity contribution in [2.24, 2.45) is 0 Å². The molecule has 1 aromatic heterocycles. The quantitative estimate of drug-likeness (QED) is 0.568. The first-order valence-corrected chi connectivity index (χ1v) is 10.7. The summed E-state index contributed by atoms with van der Waals surface area (Å²) in [5.41, 5.74) is 2.54. The van der Waals surface area contributed by atoms with Crippen molar-refractivity contribution in [1.29, 1.82) is 0 Å². The molecule has 0 spiro atoms. The third kappa shape index (κ3) is 4.90. The number of fused-ring (bicyclic) bond motifs is 1. The zero-order valence-corrected chi connectivity index (χ0v) is 17.8. The van der Waals surface area contributed by atoms with Crippen LogP contribution in [0, 0.1) is 0 Å². The number of hydrogen-bond donors (Lipinski definition) is 2. The molecule has 0 saturated carbocycles. The summed E-state index contributed by atoms with van der Waals surface area (Å²) in [4.78, 5) is 27.9. The zero-order chi connectivity index (χ0) is 22.5. The molecule has 0 amide bonds. The van der Waals surface area contributed by atoms with Gasteiger partial charge in [-0.1, -0.05) is 60.7 Å². The lowest BCUT2D eigenvalue weighted by Crippen LogP contribution is -2.49. The Labute approximate surface area is 186 Å². The number of rotatable bonds is 8. The molecule has 1 saturated heterocycles. The van der Waals surface area contributed by atoms with Gasteiger partial charge in [-0.25, -0.2) is 0 Å². The fourth-order valence-electron chi connectivity index (χ4n) is 4.36. The van der Waals surface area contributed by atoms with Crippen LogP contribution in [0.3, 0.4) is 0 Å². The highest BCUT2D eigenvalue weighted by atomic mass is 16.4. The van der Waals surface area contributed by atoms with Gasteiger partial charge in [0.25, 0.3) is 0 Å². The molecule has 3 aromatic rings. The van der Waals surface area contributed by atoms with Crippen molar-refractivity contribution in [3.05, 3.63) is 78.0 Å². The first kappa shape index (κ1) is 21.8. The highest BCUT2D eigenvalue weighted by molar-refractivity contribution is 5.90. The Morgan fingerprint density at radius 3 is 2.31 bits per heavy atom. The first-order valence-electron chi connectivity index (χ1n) is 10.7. The van der Waals surface area contributed by atoms with Gasteiger partial charge in [0.2, 0.25) is 0 Å². The molecule has 0 unspecified atom stereocenters. The number of carboxylic acids is 2. The molecule has 2 aromatic carbocycles. The van der Waals surface area contributed by atoms with Gasteiger partial charge in [0.05, 0.1) is 0 Å². The highest BCUT2D eigenvalue weighted by Crippen LogP contribution is 2.31. The van der Waals surface area contributed by atoms with Gasteiger partial charge in [-0.15, -0.1) is 0 Å². The topological polar surface area (TPSA) is 86.0 Å². The van der Waals surface area contributed by atoms with Crippen LogP contribution < -0.4 is 0 Å². The molecular weight excluding hydrogens is 406 g/mol. The average molecular weight is 434 g/mol. The van der Waals surface area contributed by atoms with E-state index in [0.29, 0.717) is 18.7 Å². The Hall–Kier alpha value is -3.42. The lowest BCUT2D eigenvalue weighted by atomic mass is 10.0. The summed E-state index contributed by atoms with van der Waals surface area (Å²) in [6.45, 7) is 3.43. The number of aliphatic carboxylic acids is 2. The Bertz CT molecular complexity index is 1110. The molecule has 1 aliphatic rings. The van der Waals surface area contributed by atoms with E-state index in [1.54, 1.807) is 10.8 Å². The third-order valence-corrected chi connectivity index (χ3v) is 5.90. The molecule has 1 atom stereocenters. The number of benzene rings is 2. The van der Waals surface area contributed by atoms with E-state index in [-0.39, 0.29) is 6.54 Å². The summed E-state index contributed by atoms with van der Waals surface area (Å²) in [6, 6.07) is 16.7. The maximum Gasteiger partial charge on any atom is 0.325 e. The molecule has 0 bridgehead atoms. The van der Waals surface area contributed by atoms with Crippen molar-refractivity contribution < 1.29 is 19.8 Å². The maximum atomic E-state index is 12.3. The van der Waals surface area contributed by atoms with Crippen LogP contribution >= 0.6 is 0 Å². The van der Waals surface area contributed by atoms with Gasteiger partial charge in [-0.2, -0.15) is 0 Å². The van der Waals surface area contributed by atoms with E-state index in [0.717, 1.165) is 36.1 Å². The normalized spacial score (nSPS) is 16.5. The minimum atomic E-state index is -0.957. The average Bonchev–Trinajstić information content (AvgIpc) is 3.13. The first-order chi connectivity index (χ1) is 15.5. The predicted octanol–water partition coefficient (Wildman–Crippen LogP) is 3.18. The third-order valence-electron chi connectivity index (χ3n) is 5.90. The molecule has 166 valence electrons. The summed E-state index contributed by atoms with van der Waals surface area (Å²) < 4.78 is 1.62. The van der Waals surface area contributed by atoms with E-state index in [9.17, 15) is 19.8 Å². The molecule has 1 aliphatic heterocycles. The van der Waals surface area contributed by atoms with Gasteiger partial charge in [0.15, 0.2) is 0 Å². The minimum absolute atomic E-state index is 0.200. The SMILES string of the molecule is O=C(O)Cn1cc([C@H](C(=O)O)N2CCN(C/C=C/c3ccccc3)CC2)c2ccccc21. The maximum absolute atomic E-state index is 12.3. The number of aromatic nitrogens is 1. The van der Waals surface area contributed by atoms with E-state index in [1.807, 2.05) is 47.4 Å². The molecule has 7 nitrogen and oxygen atoms in total. The van der Waals surface area contributed by atoms with Crippen LogP contribution in [-0.2, 0) is 16.1 Å².